The van der Waals surface area contributed by atoms with Crippen LogP contribution in [0.25, 0.3) is 0 Å². The predicted molar refractivity (Wildman–Crippen MR) is 72.7 cm³/mol. The molecule has 0 aliphatic carbocycles. The van der Waals surface area contributed by atoms with Crippen LogP contribution in [0, 0.1) is 0 Å². The summed E-state index contributed by atoms with van der Waals surface area (Å²) in [5.41, 5.74) is -0.172. The molecule has 0 saturated carbocycles. The van der Waals surface area contributed by atoms with Crippen molar-refractivity contribution in [2.45, 2.75) is 32.0 Å². The fraction of sp³-hybridized carbons (Fsp3) is 0.538. The van der Waals surface area contributed by atoms with E-state index in [-0.39, 0.29) is 12.1 Å². The predicted octanol–water partition coefficient (Wildman–Crippen LogP) is 4.70. The van der Waals surface area contributed by atoms with Gasteiger partial charge in [-0.05, 0) is 47.1 Å². The van der Waals surface area contributed by atoms with Crippen molar-refractivity contribution in [2.24, 2.45) is 0 Å². The highest BCUT2D eigenvalue weighted by molar-refractivity contribution is 9.10. The Kier molecular flexibility index (Phi) is 5.98. The molecule has 0 aromatic heterocycles. The lowest BCUT2D eigenvalue weighted by molar-refractivity contribution is -0.294. The number of ether oxygens (including phenoxy) is 1. The van der Waals surface area contributed by atoms with Gasteiger partial charge in [-0.2, -0.15) is 22.0 Å². The molecule has 21 heavy (non-hydrogen) atoms. The van der Waals surface area contributed by atoms with Crippen LogP contribution in [0.1, 0.15) is 25.5 Å². The van der Waals surface area contributed by atoms with E-state index in [0.717, 1.165) is 0 Å². The van der Waals surface area contributed by atoms with Gasteiger partial charge in [0.1, 0.15) is 11.8 Å². The molecule has 0 aliphatic rings. The summed E-state index contributed by atoms with van der Waals surface area (Å²) in [7, 11) is 0. The Labute approximate surface area is 127 Å². The highest BCUT2D eigenvalue weighted by Crippen LogP contribution is 2.45. The number of alkyl halides is 5. The first-order valence-corrected chi connectivity index (χ1v) is 7.04. The maximum Gasteiger partial charge on any atom is 0.455 e. The molecule has 1 N–H and O–H groups in total. The molecule has 2 nitrogen and oxygen atoms in total. The molecule has 0 aliphatic heterocycles. The second-order valence-corrected chi connectivity index (χ2v) is 5.09. The molecular formula is C13H15BrF5NO. The average Bonchev–Trinajstić information content (AvgIpc) is 2.37. The lowest BCUT2D eigenvalue weighted by Gasteiger charge is -2.29. The molecule has 1 aromatic carbocycles. The van der Waals surface area contributed by atoms with Crippen molar-refractivity contribution < 1.29 is 26.7 Å². The first kappa shape index (κ1) is 18.2. The maximum atomic E-state index is 13.6. The van der Waals surface area contributed by atoms with Crippen LogP contribution >= 0.6 is 15.9 Å². The van der Waals surface area contributed by atoms with Crippen molar-refractivity contribution in [2.75, 3.05) is 13.2 Å². The minimum absolute atomic E-state index is 0.0266. The normalized spacial score (nSPS) is 14.1. The summed E-state index contributed by atoms with van der Waals surface area (Å²) in [4.78, 5) is 0. The van der Waals surface area contributed by atoms with E-state index in [1.807, 2.05) is 0 Å². The third-order valence-corrected chi connectivity index (χ3v) is 3.36. The number of rotatable bonds is 6. The smallest absolute Gasteiger partial charge is 0.455 e. The van der Waals surface area contributed by atoms with Gasteiger partial charge in [0.15, 0.2) is 0 Å². The topological polar surface area (TPSA) is 21.3 Å². The molecule has 0 fully saturated rings. The van der Waals surface area contributed by atoms with Crippen molar-refractivity contribution >= 4 is 15.9 Å². The quantitative estimate of drug-likeness (QED) is 0.727. The molecule has 1 aromatic rings. The van der Waals surface area contributed by atoms with E-state index in [0.29, 0.717) is 16.8 Å². The van der Waals surface area contributed by atoms with Crippen LogP contribution in [0.3, 0.4) is 0 Å². The highest BCUT2D eigenvalue weighted by atomic mass is 79.9. The van der Waals surface area contributed by atoms with E-state index in [2.05, 4.69) is 21.2 Å². The Hall–Kier alpha value is -0.890. The molecule has 0 spiro atoms. The number of halogens is 6. The zero-order valence-electron chi connectivity index (χ0n) is 11.4. The van der Waals surface area contributed by atoms with E-state index in [1.54, 1.807) is 6.92 Å². The molecule has 1 unspecified atom stereocenters. The lowest BCUT2D eigenvalue weighted by atomic mass is 9.99. The van der Waals surface area contributed by atoms with Crippen molar-refractivity contribution in [1.82, 2.24) is 5.32 Å². The molecule has 0 saturated heterocycles. The van der Waals surface area contributed by atoms with Crippen LogP contribution in [-0.4, -0.2) is 25.3 Å². The highest BCUT2D eigenvalue weighted by Gasteiger charge is 2.62. The van der Waals surface area contributed by atoms with Gasteiger partial charge in [0.25, 0.3) is 0 Å². The number of hydrogen-bond donors (Lipinski definition) is 1. The average molecular weight is 376 g/mol. The van der Waals surface area contributed by atoms with Gasteiger partial charge in [0.2, 0.25) is 0 Å². The van der Waals surface area contributed by atoms with Crippen LogP contribution in [-0.2, 0) is 0 Å². The zero-order chi connectivity index (χ0) is 16.3. The number of nitrogens with one attached hydrogen (secondary N) is 1. The summed E-state index contributed by atoms with van der Waals surface area (Å²) in [5, 5.41) is 2.19. The van der Waals surface area contributed by atoms with Crippen molar-refractivity contribution in [3.63, 3.8) is 0 Å². The summed E-state index contributed by atoms with van der Waals surface area (Å²) in [5.74, 6) is -4.50. The summed E-state index contributed by atoms with van der Waals surface area (Å²) in [6, 6.07) is 1.61. The fourth-order valence-electron chi connectivity index (χ4n) is 1.79. The maximum absolute atomic E-state index is 13.6. The van der Waals surface area contributed by atoms with Gasteiger partial charge in [-0.1, -0.05) is 13.0 Å². The van der Waals surface area contributed by atoms with Crippen molar-refractivity contribution in [3.05, 3.63) is 28.2 Å². The molecule has 0 heterocycles. The Bertz CT molecular complexity index is 478. The van der Waals surface area contributed by atoms with Crippen LogP contribution < -0.4 is 10.1 Å². The summed E-state index contributed by atoms with van der Waals surface area (Å²) >= 11 is 3.11. The first-order valence-electron chi connectivity index (χ1n) is 6.25. The van der Waals surface area contributed by atoms with Gasteiger partial charge in [0.05, 0.1) is 11.1 Å². The van der Waals surface area contributed by atoms with Gasteiger partial charge >= 0.3 is 12.1 Å². The van der Waals surface area contributed by atoms with E-state index < -0.39 is 18.1 Å². The zero-order valence-corrected chi connectivity index (χ0v) is 13.0. The minimum atomic E-state index is -5.63. The summed E-state index contributed by atoms with van der Waals surface area (Å²) in [6.45, 7) is 3.52. The molecular weight excluding hydrogens is 361 g/mol. The molecule has 1 rings (SSSR count). The van der Waals surface area contributed by atoms with Gasteiger partial charge in [-0.3, -0.25) is 0 Å². The summed E-state index contributed by atoms with van der Waals surface area (Å²) < 4.78 is 70.5. The largest absolute Gasteiger partial charge is 0.493 e. The SMILES string of the molecule is CCNC(c1ccc(OCC)c(Br)c1)C(F)(F)C(F)(F)F. The fourth-order valence-corrected chi connectivity index (χ4v) is 2.30. The molecule has 0 amide bonds. The van der Waals surface area contributed by atoms with Gasteiger partial charge in [-0.25, -0.2) is 0 Å². The van der Waals surface area contributed by atoms with Crippen LogP contribution in [0.4, 0.5) is 22.0 Å². The van der Waals surface area contributed by atoms with Crippen molar-refractivity contribution in [3.8, 4) is 5.75 Å². The third-order valence-electron chi connectivity index (χ3n) is 2.74. The molecule has 0 radical (unpaired) electrons. The molecule has 1 atom stereocenters. The van der Waals surface area contributed by atoms with Crippen LogP contribution in [0.5, 0.6) is 5.75 Å². The third kappa shape index (κ3) is 4.06. The number of benzene rings is 1. The van der Waals surface area contributed by atoms with Gasteiger partial charge < -0.3 is 10.1 Å². The monoisotopic (exact) mass is 375 g/mol. The Balaban J connectivity index is 3.21. The lowest BCUT2D eigenvalue weighted by Crippen LogP contribution is -2.48. The second kappa shape index (κ2) is 6.91. The number of hydrogen-bond acceptors (Lipinski definition) is 2. The van der Waals surface area contributed by atoms with Gasteiger partial charge in [-0.15, -0.1) is 0 Å². The van der Waals surface area contributed by atoms with Crippen LogP contribution in [0.2, 0.25) is 0 Å². The molecule has 0 bridgehead atoms. The second-order valence-electron chi connectivity index (χ2n) is 4.23. The standard InChI is InChI=1S/C13H15BrF5NO/c1-3-20-11(12(15,16)13(17,18)19)8-5-6-10(21-4-2)9(14)7-8/h5-7,11,20H,3-4H2,1-2H3. The Morgan fingerprint density at radius 1 is 1.19 bits per heavy atom. The van der Waals surface area contributed by atoms with Gasteiger partial charge in [0, 0.05) is 0 Å². The molecule has 120 valence electrons. The Morgan fingerprint density at radius 2 is 1.81 bits per heavy atom. The van der Waals surface area contributed by atoms with Crippen LogP contribution in [0.15, 0.2) is 22.7 Å². The van der Waals surface area contributed by atoms with E-state index in [9.17, 15) is 22.0 Å². The van der Waals surface area contributed by atoms with E-state index in [4.69, 9.17) is 4.74 Å². The van der Waals surface area contributed by atoms with Crippen molar-refractivity contribution in [1.29, 1.82) is 0 Å². The first-order chi connectivity index (χ1) is 9.65. The Morgan fingerprint density at radius 3 is 2.24 bits per heavy atom. The summed E-state index contributed by atoms with van der Waals surface area (Å²) in [6.07, 6.45) is -5.63. The van der Waals surface area contributed by atoms with E-state index in [1.165, 1.54) is 25.1 Å². The van der Waals surface area contributed by atoms with E-state index >= 15 is 0 Å². The minimum Gasteiger partial charge on any atom is -0.493 e. The molecule has 8 heteroatoms.